The van der Waals surface area contributed by atoms with Crippen molar-refractivity contribution in [1.82, 2.24) is 35.1 Å². The van der Waals surface area contributed by atoms with Gasteiger partial charge in [-0.3, -0.25) is 20.1 Å². The molecule has 6 rings (SSSR count). The fraction of sp³-hybridized carbons (Fsp3) is 0. The Bertz CT molecular complexity index is 1670. The summed E-state index contributed by atoms with van der Waals surface area (Å²) >= 11 is 0. The number of rotatable bonds is 3. The lowest BCUT2D eigenvalue weighted by Crippen LogP contribution is -1.94. The Morgan fingerprint density at radius 1 is 0.879 bits per heavy atom. The van der Waals surface area contributed by atoms with Gasteiger partial charge in [-0.05, 0) is 24.3 Å². The number of nitrogens with two attached hydrogens (primary N) is 1. The Labute approximate surface area is 184 Å². The zero-order valence-corrected chi connectivity index (χ0v) is 16.8. The number of hydrogen-bond donors (Lipinski definition) is 3. The van der Waals surface area contributed by atoms with Crippen molar-refractivity contribution in [2.45, 2.75) is 0 Å². The van der Waals surface area contributed by atoms with Gasteiger partial charge in [-0.2, -0.15) is 5.10 Å². The number of nitrogens with zero attached hydrogens (tertiary/aromatic N) is 5. The third kappa shape index (κ3) is 2.99. The molecular formula is C23H14F2N8. The molecule has 0 amide bonds. The fourth-order valence-electron chi connectivity index (χ4n) is 3.83. The second kappa shape index (κ2) is 7.16. The number of aromatic amines is 2. The SMILES string of the molecule is Nc1cncc(-c2ncc3[nH]nc(-c4nc5c(-c6ccccc6F)nccc5[nH]4)c3c2F)c1. The lowest BCUT2D eigenvalue weighted by molar-refractivity contribution is 0.631. The Hall–Kier alpha value is -4.73. The number of H-pyrrole nitrogens is 2. The number of aromatic nitrogens is 7. The maximum atomic E-state index is 15.6. The van der Waals surface area contributed by atoms with Crippen molar-refractivity contribution in [3.05, 3.63) is 72.8 Å². The number of fused-ring (bicyclic) bond motifs is 2. The van der Waals surface area contributed by atoms with Crippen molar-refractivity contribution in [2.75, 3.05) is 5.73 Å². The first kappa shape index (κ1) is 19.0. The molecule has 160 valence electrons. The van der Waals surface area contributed by atoms with Crippen LogP contribution in [0.3, 0.4) is 0 Å². The zero-order valence-electron chi connectivity index (χ0n) is 16.8. The molecule has 8 nitrogen and oxygen atoms in total. The third-order valence-electron chi connectivity index (χ3n) is 5.33. The average Bonchev–Trinajstić information content (AvgIpc) is 3.44. The Morgan fingerprint density at radius 3 is 2.61 bits per heavy atom. The molecule has 0 saturated carbocycles. The molecule has 1 aromatic carbocycles. The summed E-state index contributed by atoms with van der Waals surface area (Å²) in [5.74, 6) is -0.690. The van der Waals surface area contributed by atoms with E-state index in [1.807, 2.05) is 0 Å². The minimum absolute atomic E-state index is 0.0924. The number of imidazole rings is 1. The Morgan fingerprint density at radius 2 is 1.76 bits per heavy atom. The maximum Gasteiger partial charge on any atom is 0.161 e. The van der Waals surface area contributed by atoms with E-state index in [0.717, 1.165) is 0 Å². The number of nitrogens with one attached hydrogen (secondary N) is 2. The first-order valence-corrected chi connectivity index (χ1v) is 9.93. The average molecular weight is 440 g/mol. The molecule has 6 aromatic rings. The van der Waals surface area contributed by atoms with Gasteiger partial charge in [0.25, 0.3) is 0 Å². The van der Waals surface area contributed by atoms with Crippen molar-refractivity contribution in [3.63, 3.8) is 0 Å². The van der Waals surface area contributed by atoms with E-state index in [9.17, 15) is 4.39 Å². The molecule has 0 atom stereocenters. The van der Waals surface area contributed by atoms with Crippen LogP contribution in [0.5, 0.6) is 0 Å². The fourth-order valence-corrected chi connectivity index (χ4v) is 3.83. The van der Waals surface area contributed by atoms with Gasteiger partial charge in [0.15, 0.2) is 11.6 Å². The highest BCUT2D eigenvalue weighted by atomic mass is 19.1. The molecule has 0 bridgehead atoms. The predicted octanol–water partition coefficient (Wildman–Crippen LogP) is 4.49. The summed E-state index contributed by atoms with van der Waals surface area (Å²) in [6.07, 6.45) is 6.01. The summed E-state index contributed by atoms with van der Waals surface area (Å²) in [5.41, 5.74) is 9.15. The molecule has 33 heavy (non-hydrogen) atoms. The number of benzene rings is 1. The normalized spacial score (nSPS) is 11.5. The zero-order chi connectivity index (χ0) is 22.5. The van der Waals surface area contributed by atoms with Crippen LogP contribution in [0.1, 0.15) is 0 Å². The molecule has 0 radical (unpaired) electrons. The molecule has 5 heterocycles. The molecule has 10 heteroatoms. The quantitative estimate of drug-likeness (QED) is 0.373. The van der Waals surface area contributed by atoms with Crippen LogP contribution in [0.25, 0.3) is 56.0 Å². The number of anilines is 1. The van der Waals surface area contributed by atoms with Crippen LogP contribution in [0.2, 0.25) is 0 Å². The number of halogens is 2. The molecule has 0 saturated heterocycles. The van der Waals surface area contributed by atoms with Crippen LogP contribution in [-0.2, 0) is 0 Å². The lowest BCUT2D eigenvalue weighted by Gasteiger charge is -2.04. The Kier molecular flexibility index (Phi) is 4.12. The van der Waals surface area contributed by atoms with Gasteiger partial charge in [0.05, 0.1) is 28.3 Å². The largest absolute Gasteiger partial charge is 0.397 e. The van der Waals surface area contributed by atoms with E-state index in [0.29, 0.717) is 44.9 Å². The van der Waals surface area contributed by atoms with Gasteiger partial charge in [-0.15, -0.1) is 0 Å². The second-order valence-corrected chi connectivity index (χ2v) is 7.41. The molecule has 0 spiro atoms. The van der Waals surface area contributed by atoms with E-state index in [-0.39, 0.29) is 16.8 Å². The van der Waals surface area contributed by atoms with Gasteiger partial charge in [-0.1, -0.05) is 12.1 Å². The second-order valence-electron chi connectivity index (χ2n) is 7.41. The van der Waals surface area contributed by atoms with Crippen LogP contribution in [0.15, 0.2) is 61.2 Å². The number of hydrogen-bond acceptors (Lipinski definition) is 6. The summed E-state index contributed by atoms with van der Waals surface area (Å²) in [6, 6.07) is 9.63. The number of nitrogen functional groups attached to an aromatic ring is 1. The number of pyridine rings is 3. The van der Waals surface area contributed by atoms with E-state index < -0.39 is 11.6 Å². The maximum absolute atomic E-state index is 15.6. The van der Waals surface area contributed by atoms with Gasteiger partial charge in [0.2, 0.25) is 0 Å². The smallest absolute Gasteiger partial charge is 0.161 e. The minimum atomic E-state index is -0.587. The molecule has 0 unspecified atom stereocenters. The summed E-state index contributed by atoms with van der Waals surface area (Å²) in [7, 11) is 0. The highest BCUT2D eigenvalue weighted by molar-refractivity contribution is 5.97. The van der Waals surface area contributed by atoms with Crippen LogP contribution in [0.4, 0.5) is 14.5 Å². The van der Waals surface area contributed by atoms with Crippen molar-refractivity contribution in [1.29, 1.82) is 0 Å². The summed E-state index contributed by atoms with van der Waals surface area (Å²) in [6.45, 7) is 0. The van der Waals surface area contributed by atoms with Gasteiger partial charge >= 0.3 is 0 Å². The third-order valence-corrected chi connectivity index (χ3v) is 5.33. The van der Waals surface area contributed by atoms with Crippen LogP contribution in [-0.4, -0.2) is 35.1 Å². The summed E-state index contributed by atoms with van der Waals surface area (Å²) in [4.78, 5) is 20.3. The van der Waals surface area contributed by atoms with Gasteiger partial charge in [0, 0.05) is 29.7 Å². The predicted molar refractivity (Wildman–Crippen MR) is 120 cm³/mol. The molecule has 5 aromatic heterocycles. The van der Waals surface area contributed by atoms with Crippen LogP contribution >= 0.6 is 0 Å². The van der Waals surface area contributed by atoms with E-state index in [1.165, 1.54) is 24.7 Å². The van der Waals surface area contributed by atoms with E-state index in [1.54, 1.807) is 36.5 Å². The van der Waals surface area contributed by atoms with E-state index in [4.69, 9.17) is 5.73 Å². The molecule has 0 aliphatic carbocycles. The Balaban J connectivity index is 1.56. The lowest BCUT2D eigenvalue weighted by atomic mass is 10.1. The molecule has 0 aliphatic heterocycles. The van der Waals surface area contributed by atoms with Crippen LogP contribution < -0.4 is 5.73 Å². The highest BCUT2D eigenvalue weighted by Gasteiger charge is 2.22. The highest BCUT2D eigenvalue weighted by Crippen LogP contribution is 2.34. The summed E-state index contributed by atoms with van der Waals surface area (Å²) < 4.78 is 30.0. The monoisotopic (exact) mass is 440 g/mol. The van der Waals surface area contributed by atoms with Crippen molar-refractivity contribution >= 4 is 27.6 Å². The molecule has 0 aliphatic rings. The van der Waals surface area contributed by atoms with Gasteiger partial charge in [-0.25, -0.2) is 13.8 Å². The first-order chi connectivity index (χ1) is 16.1. The minimum Gasteiger partial charge on any atom is -0.397 e. The molecule has 4 N–H and O–H groups in total. The van der Waals surface area contributed by atoms with E-state index >= 15 is 4.39 Å². The summed E-state index contributed by atoms with van der Waals surface area (Å²) in [5, 5.41) is 7.26. The van der Waals surface area contributed by atoms with Gasteiger partial charge in [0.1, 0.15) is 28.4 Å². The van der Waals surface area contributed by atoms with Gasteiger partial charge < -0.3 is 10.7 Å². The van der Waals surface area contributed by atoms with E-state index in [2.05, 4.69) is 35.1 Å². The molecule has 0 fully saturated rings. The van der Waals surface area contributed by atoms with Crippen molar-refractivity contribution in [2.24, 2.45) is 0 Å². The van der Waals surface area contributed by atoms with Crippen molar-refractivity contribution < 1.29 is 8.78 Å². The molecular weight excluding hydrogens is 426 g/mol. The topological polar surface area (TPSA) is 122 Å². The standard InChI is InChI=1S/C23H14F2N8/c24-14-4-2-1-3-13(14)20-21-15(5-6-28-20)30-23(31-21)22-17-16(32-33-22)10-29-19(18(17)25)11-7-12(26)9-27-8-11/h1-10H,26H2,(H,30,31)(H,32,33). The van der Waals surface area contributed by atoms with Crippen LogP contribution in [0, 0.1) is 11.6 Å². The van der Waals surface area contributed by atoms with Crippen molar-refractivity contribution in [3.8, 4) is 34.0 Å². The first-order valence-electron chi connectivity index (χ1n) is 9.93.